The molecule has 5 rings (SSSR count). The number of carbonyl (C=O) groups is 1. The average Bonchev–Trinajstić information content (AvgIpc) is 3.63. The third kappa shape index (κ3) is 6.68. The van der Waals surface area contributed by atoms with Crippen LogP contribution in [0.2, 0.25) is 0 Å². The van der Waals surface area contributed by atoms with Gasteiger partial charge in [0, 0.05) is 35.6 Å². The first-order valence-corrected chi connectivity index (χ1v) is 14.0. The van der Waals surface area contributed by atoms with Gasteiger partial charge in [0.15, 0.2) is 0 Å². The highest BCUT2D eigenvalue weighted by Crippen LogP contribution is 2.32. The average molecular weight is 543 g/mol. The Bertz CT molecular complexity index is 1540. The van der Waals surface area contributed by atoms with Gasteiger partial charge in [-0.25, -0.2) is 4.39 Å². The maximum Gasteiger partial charge on any atom is 0.261 e. The van der Waals surface area contributed by atoms with Crippen molar-refractivity contribution >= 4 is 11.6 Å². The number of hydrogen-bond acceptors (Lipinski definition) is 4. The molecule has 208 valence electrons. The van der Waals surface area contributed by atoms with Crippen LogP contribution in [-0.4, -0.2) is 27.3 Å². The summed E-state index contributed by atoms with van der Waals surface area (Å²) in [7, 11) is 0. The quantitative estimate of drug-likeness (QED) is 0.189. The molecule has 2 aromatic carbocycles. The van der Waals surface area contributed by atoms with E-state index in [-0.39, 0.29) is 16.8 Å². The summed E-state index contributed by atoms with van der Waals surface area (Å²) in [6, 6.07) is 15.3. The van der Waals surface area contributed by atoms with Crippen molar-refractivity contribution in [2.45, 2.75) is 58.9 Å². The van der Waals surface area contributed by atoms with Gasteiger partial charge >= 0.3 is 0 Å². The van der Waals surface area contributed by atoms with Gasteiger partial charge in [0.25, 0.3) is 11.5 Å². The van der Waals surface area contributed by atoms with Gasteiger partial charge in [-0.2, -0.15) is 5.10 Å². The lowest BCUT2D eigenvalue weighted by Gasteiger charge is -2.12. The smallest absolute Gasteiger partial charge is 0.261 e. The lowest BCUT2D eigenvalue weighted by molar-refractivity contribution is 0.102. The van der Waals surface area contributed by atoms with Crippen LogP contribution >= 0.6 is 0 Å². The molecule has 2 N–H and O–H groups in total. The topological polar surface area (TPSA) is 89.0 Å². The molecule has 2 heterocycles. The van der Waals surface area contributed by atoms with Crippen LogP contribution in [0.25, 0.3) is 22.5 Å². The lowest BCUT2D eigenvalue weighted by Crippen LogP contribution is -2.25. The number of aromatic nitrogens is 3. The van der Waals surface area contributed by atoms with Crippen LogP contribution in [0.4, 0.5) is 10.1 Å². The number of anilines is 1. The first-order chi connectivity index (χ1) is 19.4. The van der Waals surface area contributed by atoms with Gasteiger partial charge < -0.3 is 15.0 Å². The summed E-state index contributed by atoms with van der Waals surface area (Å²) < 4.78 is 22.8. The number of rotatable bonds is 12. The maximum atomic E-state index is 15.3. The molecule has 4 aromatic rings. The predicted octanol–water partition coefficient (Wildman–Crippen LogP) is 6.97. The summed E-state index contributed by atoms with van der Waals surface area (Å²) in [5, 5.41) is 7.47. The number of amides is 1. The zero-order valence-corrected chi connectivity index (χ0v) is 23.0. The van der Waals surface area contributed by atoms with E-state index in [1.807, 2.05) is 29.9 Å². The van der Waals surface area contributed by atoms with Gasteiger partial charge in [-0.1, -0.05) is 43.9 Å². The molecule has 0 spiro atoms. The van der Waals surface area contributed by atoms with Crippen molar-refractivity contribution in [3.63, 3.8) is 0 Å². The fraction of sp³-hybridized carbons (Fsp3) is 0.344. The number of nitrogens with zero attached hydrogens (tertiary/aromatic N) is 2. The largest absolute Gasteiger partial charge is 0.493 e. The van der Waals surface area contributed by atoms with E-state index < -0.39 is 17.3 Å². The molecule has 2 aromatic heterocycles. The first kappa shape index (κ1) is 27.4. The van der Waals surface area contributed by atoms with Crippen molar-refractivity contribution in [1.29, 1.82) is 0 Å². The molecule has 40 heavy (non-hydrogen) atoms. The van der Waals surface area contributed by atoms with Crippen molar-refractivity contribution in [2.75, 3.05) is 11.9 Å². The molecule has 1 amide bonds. The van der Waals surface area contributed by atoms with Crippen molar-refractivity contribution in [3.05, 3.63) is 88.1 Å². The van der Waals surface area contributed by atoms with Crippen molar-refractivity contribution in [1.82, 2.24) is 14.8 Å². The Morgan fingerprint density at radius 2 is 1.88 bits per heavy atom. The number of pyridine rings is 1. The molecule has 0 saturated heterocycles. The Balaban J connectivity index is 1.47. The normalized spacial score (nSPS) is 12.9. The number of carbonyl (C=O) groups excluding carboxylic acids is 1. The van der Waals surface area contributed by atoms with Gasteiger partial charge in [-0.05, 0) is 68.5 Å². The maximum absolute atomic E-state index is 15.3. The molecule has 0 aliphatic heterocycles. The van der Waals surface area contributed by atoms with Crippen LogP contribution in [0.1, 0.15) is 61.4 Å². The van der Waals surface area contributed by atoms with Gasteiger partial charge in [0.2, 0.25) is 0 Å². The van der Waals surface area contributed by atoms with E-state index in [9.17, 15) is 9.59 Å². The molecule has 0 atom stereocenters. The second-order valence-corrected chi connectivity index (χ2v) is 10.5. The molecular formula is C32H35FN4O3. The molecule has 1 aliphatic carbocycles. The van der Waals surface area contributed by atoms with Crippen LogP contribution in [0.15, 0.2) is 65.6 Å². The second kappa shape index (κ2) is 12.3. The van der Waals surface area contributed by atoms with Gasteiger partial charge in [0.1, 0.15) is 17.1 Å². The predicted molar refractivity (Wildman–Crippen MR) is 155 cm³/mol. The van der Waals surface area contributed by atoms with Crippen LogP contribution in [0.5, 0.6) is 5.75 Å². The Morgan fingerprint density at radius 3 is 2.60 bits per heavy atom. The zero-order chi connectivity index (χ0) is 28.1. The minimum Gasteiger partial charge on any atom is -0.493 e. The summed E-state index contributed by atoms with van der Waals surface area (Å²) >= 11 is 0. The Labute approximate surface area is 233 Å². The third-order valence-electron chi connectivity index (χ3n) is 7.13. The number of H-pyrrole nitrogens is 1. The molecule has 0 radical (unpaired) electrons. The van der Waals surface area contributed by atoms with E-state index in [0.717, 1.165) is 37.8 Å². The number of halogens is 1. The van der Waals surface area contributed by atoms with Crippen molar-refractivity contribution < 1.29 is 13.9 Å². The summed E-state index contributed by atoms with van der Waals surface area (Å²) in [5.41, 5.74) is 2.22. The van der Waals surface area contributed by atoms with E-state index in [0.29, 0.717) is 35.2 Å². The van der Waals surface area contributed by atoms with Crippen LogP contribution < -0.4 is 15.6 Å². The number of ether oxygens (including phenoxy) is 1. The van der Waals surface area contributed by atoms with Crippen molar-refractivity contribution in [3.8, 4) is 28.3 Å². The SMILES string of the molecule is CCCCCCOc1ccc(-c2cc(-c3ccn(CC4CC4)n3)c(C(=O)Nc3ccc(C)cc3)c(=O)[nH]2)c(F)c1. The number of hydrogen-bond donors (Lipinski definition) is 2. The van der Waals surface area contributed by atoms with Crippen LogP contribution in [0, 0.1) is 18.7 Å². The summed E-state index contributed by atoms with van der Waals surface area (Å²) in [4.78, 5) is 29.5. The van der Waals surface area contributed by atoms with Gasteiger partial charge in [0.05, 0.1) is 18.0 Å². The second-order valence-electron chi connectivity index (χ2n) is 10.5. The minimum absolute atomic E-state index is 0.0755. The highest BCUT2D eigenvalue weighted by molar-refractivity contribution is 6.08. The van der Waals surface area contributed by atoms with Crippen LogP contribution in [-0.2, 0) is 6.54 Å². The van der Waals surface area contributed by atoms with Gasteiger partial charge in [-0.3, -0.25) is 14.3 Å². The highest BCUT2D eigenvalue weighted by atomic mass is 19.1. The summed E-state index contributed by atoms with van der Waals surface area (Å²) in [6.45, 7) is 5.41. The first-order valence-electron chi connectivity index (χ1n) is 14.0. The molecule has 7 nitrogen and oxygen atoms in total. The molecule has 0 bridgehead atoms. The van der Waals surface area contributed by atoms with Crippen LogP contribution in [0.3, 0.4) is 0 Å². The Kier molecular flexibility index (Phi) is 8.43. The Morgan fingerprint density at radius 1 is 1.07 bits per heavy atom. The standard InChI is InChI=1S/C32H35FN4O3/c1-3-4-5-6-17-40-24-13-14-25(27(33)18-24)29-19-26(28-15-16-37(36-28)20-22-9-10-22)30(32(39)35-29)31(38)34-23-11-7-21(2)8-12-23/h7-8,11-16,18-19,22H,3-6,9-10,17,20H2,1-2H3,(H,34,38)(H,35,39). The number of nitrogens with one attached hydrogen (secondary N) is 2. The summed E-state index contributed by atoms with van der Waals surface area (Å²) in [5.74, 6) is -0.0408. The number of aryl methyl sites for hydroxylation is 1. The van der Waals surface area contributed by atoms with E-state index >= 15 is 4.39 Å². The molecule has 1 fully saturated rings. The summed E-state index contributed by atoms with van der Waals surface area (Å²) in [6.07, 6.45) is 8.46. The monoisotopic (exact) mass is 542 g/mol. The molecule has 0 unspecified atom stereocenters. The third-order valence-corrected chi connectivity index (χ3v) is 7.13. The fourth-order valence-corrected chi connectivity index (χ4v) is 4.66. The van der Waals surface area contributed by atoms with E-state index in [2.05, 4.69) is 22.3 Å². The highest BCUT2D eigenvalue weighted by Gasteiger charge is 2.24. The van der Waals surface area contributed by atoms with E-state index in [4.69, 9.17) is 4.74 Å². The molecule has 8 heteroatoms. The number of aromatic amines is 1. The molecular weight excluding hydrogens is 507 g/mol. The fourth-order valence-electron chi connectivity index (χ4n) is 4.66. The van der Waals surface area contributed by atoms with Crippen molar-refractivity contribution in [2.24, 2.45) is 5.92 Å². The number of benzene rings is 2. The lowest BCUT2D eigenvalue weighted by atomic mass is 10.0. The zero-order valence-electron chi connectivity index (χ0n) is 23.0. The number of unbranched alkanes of at least 4 members (excludes halogenated alkanes) is 3. The van der Waals surface area contributed by atoms with E-state index in [1.54, 1.807) is 36.4 Å². The molecule has 1 aliphatic rings. The minimum atomic E-state index is -0.621. The van der Waals surface area contributed by atoms with E-state index in [1.165, 1.54) is 18.9 Å². The molecule has 1 saturated carbocycles. The Hall–Kier alpha value is -4.20. The van der Waals surface area contributed by atoms with Gasteiger partial charge in [-0.15, -0.1) is 0 Å².